The van der Waals surface area contributed by atoms with E-state index in [1.807, 2.05) is 44.2 Å². The first-order valence-electron chi connectivity index (χ1n) is 7.51. The Morgan fingerprint density at radius 1 is 1.30 bits per heavy atom. The normalized spacial score (nSPS) is 13.2. The van der Waals surface area contributed by atoms with E-state index in [0.29, 0.717) is 12.5 Å². The van der Waals surface area contributed by atoms with E-state index in [1.54, 1.807) is 0 Å². The van der Waals surface area contributed by atoms with Crippen LogP contribution in [-0.2, 0) is 6.54 Å². The highest BCUT2D eigenvalue weighted by Crippen LogP contribution is 2.13. The zero-order chi connectivity index (χ0) is 16.7. The van der Waals surface area contributed by atoms with Gasteiger partial charge in [0.1, 0.15) is 12.4 Å². The van der Waals surface area contributed by atoms with Gasteiger partial charge in [0.15, 0.2) is 5.96 Å². The maximum Gasteiger partial charge on any atom is 0.319 e. The molecule has 0 bridgehead atoms. The summed E-state index contributed by atoms with van der Waals surface area (Å²) in [6.07, 6.45) is 2.60. The van der Waals surface area contributed by atoms with Crippen LogP contribution in [0.15, 0.2) is 47.7 Å². The summed E-state index contributed by atoms with van der Waals surface area (Å²) in [4.78, 5) is 8.27. The highest BCUT2D eigenvalue weighted by atomic mass is 19.3. The van der Waals surface area contributed by atoms with E-state index in [2.05, 4.69) is 20.6 Å². The van der Waals surface area contributed by atoms with Gasteiger partial charge in [0.25, 0.3) is 0 Å². The molecule has 0 fully saturated rings. The molecule has 124 valence electrons. The van der Waals surface area contributed by atoms with Crippen LogP contribution in [0.5, 0.6) is 0 Å². The molecule has 1 aromatic carbocycles. The summed E-state index contributed by atoms with van der Waals surface area (Å²) < 4.78 is 26.4. The van der Waals surface area contributed by atoms with Crippen LogP contribution in [0.4, 0.5) is 8.78 Å². The van der Waals surface area contributed by atoms with Gasteiger partial charge in [-0.25, -0.2) is 9.98 Å². The number of guanidine groups is 1. The summed E-state index contributed by atoms with van der Waals surface area (Å²) in [7, 11) is 0. The third-order valence-corrected chi connectivity index (χ3v) is 3.33. The molecule has 0 radical (unpaired) electrons. The lowest BCUT2D eigenvalue weighted by atomic mass is 10.1. The predicted octanol–water partition coefficient (Wildman–Crippen LogP) is 3.09. The number of halogens is 2. The molecule has 5 nitrogen and oxygen atoms in total. The largest absolute Gasteiger partial charge is 0.357 e. The van der Waals surface area contributed by atoms with Crippen LogP contribution in [0.2, 0.25) is 0 Å². The Labute approximate surface area is 134 Å². The number of nitrogens with one attached hydrogen (secondary N) is 2. The molecule has 1 aromatic heterocycles. The topological polar surface area (TPSA) is 54.2 Å². The molecule has 2 N–H and O–H groups in total. The first-order chi connectivity index (χ1) is 11.1. The Bertz CT molecular complexity index is 624. The molecule has 2 rings (SSSR count). The highest BCUT2D eigenvalue weighted by molar-refractivity contribution is 5.80. The second kappa shape index (κ2) is 8.26. The average molecular weight is 321 g/mol. The van der Waals surface area contributed by atoms with Gasteiger partial charge in [0.2, 0.25) is 0 Å². The first kappa shape index (κ1) is 16.9. The highest BCUT2D eigenvalue weighted by Gasteiger charge is 2.12. The van der Waals surface area contributed by atoms with Gasteiger partial charge in [-0.05, 0) is 19.4 Å². The fourth-order valence-electron chi connectivity index (χ4n) is 2.14. The molecule has 0 amide bonds. The molecule has 2 aromatic rings. The van der Waals surface area contributed by atoms with E-state index in [-0.39, 0.29) is 18.4 Å². The zero-order valence-electron chi connectivity index (χ0n) is 13.2. The molecule has 0 aliphatic rings. The van der Waals surface area contributed by atoms with E-state index in [1.165, 1.54) is 12.4 Å². The first-order valence-corrected chi connectivity index (χ1v) is 7.51. The van der Waals surface area contributed by atoms with E-state index in [0.717, 1.165) is 10.1 Å². The third-order valence-electron chi connectivity index (χ3n) is 3.33. The van der Waals surface area contributed by atoms with Crippen molar-refractivity contribution >= 4 is 5.96 Å². The molecule has 0 spiro atoms. The summed E-state index contributed by atoms with van der Waals surface area (Å²) >= 11 is 0. The van der Waals surface area contributed by atoms with Gasteiger partial charge in [-0.15, -0.1) is 0 Å². The molecule has 0 saturated heterocycles. The summed E-state index contributed by atoms with van der Waals surface area (Å²) in [6, 6.07) is 9.98. The van der Waals surface area contributed by atoms with Gasteiger partial charge >= 0.3 is 6.55 Å². The zero-order valence-corrected chi connectivity index (χ0v) is 13.2. The van der Waals surface area contributed by atoms with Crippen molar-refractivity contribution < 1.29 is 8.78 Å². The van der Waals surface area contributed by atoms with Gasteiger partial charge in [-0.2, -0.15) is 8.78 Å². The number of imidazole rings is 1. The van der Waals surface area contributed by atoms with Crippen molar-refractivity contribution in [2.75, 3.05) is 6.54 Å². The quantitative estimate of drug-likeness (QED) is 0.635. The summed E-state index contributed by atoms with van der Waals surface area (Å²) in [5.74, 6) is 0.789. The summed E-state index contributed by atoms with van der Waals surface area (Å²) in [5.41, 5.74) is 1.12. The molecule has 7 heteroatoms. The Morgan fingerprint density at radius 3 is 2.70 bits per heavy atom. The number of aliphatic imine (C=N–C) groups is 1. The fraction of sp³-hybridized carbons (Fsp3) is 0.375. The summed E-state index contributed by atoms with van der Waals surface area (Å²) in [5, 5.41) is 6.37. The minimum Gasteiger partial charge on any atom is -0.357 e. The Morgan fingerprint density at radius 2 is 2.04 bits per heavy atom. The Balaban J connectivity index is 2.06. The number of rotatable bonds is 6. The Hall–Kier alpha value is -2.44. The summed E-state index contributed by atoms with van der Waals surface area (Å²) in [6.45, 7) is 2.11. The molecule has 0 aliphatic carbocycles. The second-order valence-corrected chi connectivity index (χ2v) is 5.00. The monoisotopic (exact) mass is 321 g/mol. The van der Waals surface area contributed by atoms with Crippen molar-refractivity contribution in [2.45, 2.75) is 33.0 Å². The van der Waals surface area contributed by atoms with Crippen LogP contribution in [0.1, 0.15) is 37.8 Å². The van der Waals surface area contributed by atoms with Crippen LogP contribution in [-0.4, -0.2) is 22.1 Å². The van der Waals surface area contributed by atoms with Crippen LogP contribution in [0.25, 0.3) is 0 Å². The molecular weight excluding hydrogens is 300 g/mol. The van der Waals surface area contributed by atoms with Gasteiger partial charge in [0, 0.05) is 18.9 Å². The average Bonchev–Trinajstić information content (AvgIpc) is 3.02. The van der Waals surface area contributed by atoms with Gasteiger partial charge in [-0.1, -0.05) is 30.3 Å². The number of aromatic nitrogens is 2. The number of alkyl halides is 2. The lowest BCUT2D eigenvalue weighted by Gasteiger charge is -2.18. The number of benzene rings is 1. The van der Waals surface area contributed by atoms with Crippen molar-refractivity contribution in [2.24, 2.45) is 4.99 Å². The van der Waals surface area contributed by atoms with Crippen molar-refractivity contribution in [3.8, 4) is 0 Å². The minimum absolute atomic E-state index is 0.0452. The molecule has 1 atom stereocenters. The number of nitrogens with zero attached hydrogens (tertiary/aromatic N) is 3. The fourth-order valence-corrected chi connectivity index (χ4v) is 2.14. The van der Waals surface area contributed by atoms with Gasteiger partial charge < -0.3 is 10.6 Å². The molecule has 23 heavy (non-hydrogen) atoms. The third kappa shape index (κ3) is 4.77. The van der Waals surface area contributed by atoms with E-state index in [4.69, 9.17) is 0 Å². The van der Waals surface area contributed by atoms with Crippen molar-refractivity contribution in [3.05, 3.63) is 54.1 Å². The molecule has 1 unspecified atom stereocenters. The van der Waals surface area contributed by atoms with Crippen molar-refractivity contribution in [3.63, 3.8) is 0 Å². The van der Waals surface area contributed by atoms with Crippen molar-refractivity contribution in [1.29, 1.82) is 0 Å². The van der Waals surface area contributed by atoms with Gasteiger partial charge in [0.05, 0.1) is 6.04 Å². The van der Waals surface area contributed by atoms with Crippen LogP contribution < -0.4 is 10.6 Å². The Kier molecular flexibility index (Phi) is 6.08. The lowest BCUT2D eigenvalue weighted by molar-refractivity contribution is 0.0671. The van der Waals surface area contributed by atoms with Crippen LogP contribution in [0, 0.1) is 0 Å². The lowest BCUT2D eigenvalue weighted by Crippen LogP contribution is -2.38. The van der Waals surface area contributed by atoms with E-state index >= 15 is 0 Å². The number of hydrogen-bond acceptors (Lipinski definition) is 2. The predicted molar refractivity (Wildman–Crippen MR) is 86.3 cm³/mol. The van der Waals surface area contributed by atoms with E-state index < -0.39 is 6.55 Å². The minimum atomic E-state index is -2.61. The molecule has 0 saturated carbocycles. The van der Waals surface area contributed by atoms with E-state index in [9.17, 15) is 8.78 Å². The molecule has 0 aliphatic heterocycles. The maximum absolute atomic E-state index is 12.8. The molecular formula is C16H21F2N5. The SMILES string of the molecule is CCNC(=NCc1nccn1C(F)F)NC(C)c1ccccc1. The smallest absolute Gasteiger partial charge is 0.319 e. The van der Waals surface area contributed by atoms with Crippen LogP contribution in [0.3, 0.4) is 0 Å². The second-order valence-electron chi connectivity index (χ2n) is 5.00. The van der Waals surface area contributed by atoms with Gasteiger partial charge in [-0.3, -0.25) is 4.57 Å². The van der Waals surface area contributed by atoms with Crippen molar-refractivity contribution in [1.82, 2.24) is 20.2 Å². The number of hydrogen-bond donors (Lipinski definition) is 2. The van der Waals surface area contributed by atoms with Crippen LogP contribution >= 0.6 is 0 Å². The maximum atomic E-state index is 12.8. The molecule has 1 heterocycles. The standard InChI is InChI=1S/C16H21F2N5/c1-3-19-16(22-12(2)13-7-5-4-6-8-13)21-11-14-20-9-10-23(14)15(17)18/h4-10,12,15H,3,11H2,1-2H3,(H2,19,21,22).